The van der Waals surface area contributed by atoms with Crippen LogP contribution in [0.2, 0.25) is 0 Å². The van der Waals surface area contributed by atoms with E-state index in [1.165, 1.54) is 12.1 Å². The Hall–Kier alpha value is -1.73. The average molecular weight is 342 g/mol. The monoisotopic (exact) mass is 342 g/mol. The normalized spacial score (nSPS) is 19.5. The molecule has 24 heavy (non-hydrogen) atoms. The maximum atomic E-state index is 12.3. The van der Waals surface area contributed by atoms with Gasteiger partial charge in [0, 0.05) is 20.1 Å². The molecule has 0 radical (unpaired) electrons. The molecule has 1 fully saturated rings. The molecule has 0 bridgehead atoms. The Kier molecular flexibility index (Phi) is 6.51. The van der Waals surface area contributed by atoms with Gasteiger partial charge in [0.15, 0.2) is 0 Å². The molecule has 1 aromatic rings. The van der Waals surface area contributed by atoms with E-state index in [0.717, 1.165) is 25.1 Å². The van der Waals surface area contributed by atoms with Crippen LogP contribution in [0.15, 0.2) is 24.3 Å². The highest BCUT2D eigenvalue weighted by molar-refractivity contribution is 5.78. The molecule has 1 aliphatic heterocycles. The van der Waals surface area contributed by atoms with Crippen LogP contribution in [-0.4, -0.2) is 60.2 Å². The molecular formula is C17H24F2N2O3. The quantitative estimate of drug-likeness (QED) is 0.823. The SMILES string of the molecule is CC(O)C1CCN(CC(=O)N(C)Cc2ccc(OC(F)F)cc2)C1. The van der Waals surface area contributed by atoms with Crippen LogP contribution in [0.4, 0.5) is 8.78 Å². The Morgan fingerprint density at radius 3 is 2.62 bits per heavy atom. The third kappa shape index (κ3) is 5.42. The van der Waals surface area contributed by atoms with E-state index in [0.29, 0.717) is 13.1 Å². The summed E-state index contributed by atoms with van der Waals surface area (Å²) in [6.07, 6.45) is 0.553. The molecule has 0 saturated carbocycles. The zero-order chi connectivity index (χ0) is 17.7. The molecular weight excluding hydrogens is 318 g/mol. The van der Waals surface area contributed by atoms with Crippen molar-refractivity contribution in [3.05, 3.63) is 29.8 Å². The van der Waals surface area contributed by atoms with Gasteiger partial charge in [-0.1, -0.05) is 12.1 Å². The van der Waals surface area contributed by atoms with Crippen molar-refractivity contribution in [2.45, 2.75) is 32.6 Å². The first kappa shape index (κ1) is 18.6. The van der Waals surface area contributed by atoms with Gasteiger partial charge in [-0.2, -0.15) is 8.78 Å². The number of hydrogen-bond donors (Lipinski definition) is 1. The third-order valence-corrected chi connectivity index (χ3v) is 4.34. The Morgan fingerprint density at radius 2 is 2.08 bits per heavy atom. The molecule has 0 aromatic heterocycles. The summed E-state index contributed by atoms with van der Waals surface area (Å²) in [4.78, 5) is 16.0. The molecule has 1 saturated heterocycles. The first-order chi connectivity index (χ1) is 11.3. The number of alkyl halides is 2. The highest BCUT2D eigenvalue weighted by atomic mass is 19.3. The summed E-state index contributed by atoms with van der Waals surface area (Å²) in [5.74, 6) is 0.323. The number of likely N-dealkylation sites (N-methyl/N-ethyl adjacent to an activating group) is 1. The number of amides is 1. The summed E-state index contributed by atoms with van der Waals surface area (Å²) < 4.78 is 28.5. The number of halogens is 2. The number of aliphatic hydroxyl groups excluding tert-OH is 1. The molecule has 0 aliphatic carbocycles. The van der Waals surface area contributed by atoms with Gasteiger partial charge in [0.1, 0.15) is 5.75 Å². The lowest BCUT2D eigenvalue weighted by molar-refractivity contribution is -0.131. The van der Waals surface area contributed by atoms with Crippen molar-refractivity contribution >= 4 is 5.91 Å². The zero-order valence-electron chi connectivity index (χ0n) is 14.0. The van der Waals surface area contributed by atoms with Gasteiger partial charge >= 0.3 is 6.61 Å². The largest absolute Gasteiger partial charge is 0.435 e. The molecule has 5 nitrogen and oxygen atoms in total. The topological polar surface area (TPSA) is 53.0 Å². The minimum absolute atomic E-state index is 0.00542. The maximum Gasteiger partial charge on any atom is 0.387 e. The lowest BCUT2D eigenvalue weighted by Gasteiger charge is -2.22. The number of aliphatic hydroxyl groups is 1. The van der Waals surface area contributed by atoms with Crippen LogP contribution >= 0.6 is 0 Å². The number of nitrogens with zero attached hydrogens (tertiary/aromatic N) is 2. The van der Waals surface area contributed by atoms with Crippen molar-refractivity contribution < 1.29 is 23.4 Å². The first-order valence-corrected chi connectivity index (χ1v) is 8.03. The number of hydrogen-bond acceptors (Lipinski definition) is 4. The van der Waals surface area contributed by atoms with Gasteiger partial charge in [0.05, 0.1) is 12.6 Å². The molecule has 1 amide bonds. The highest BCUT2D eigenvalue weighted by Crippen LogP contribution is 2.20. The minimum Gasteiger partial charge on any atom is -0.435 e. The van der Waals surface area contributed by atoms with Crippen LogP contribution < -0.4 is 4.74 Å². The second-order valence-corrected chi connectivity index (χ2v) is 6.30. The van der Waals surface area contributed by atoms with Crippen molar-refractivity contribution in [2.24, 2.45) is 5.92 Å². The number of likely N-dealkylation sites (tertiary alicyclic amines) is 1. The molecule has 2 atom stereocenters. The second-order valence-electron chi connectivity index (χ2n) is 6.30. The van der Waals surface area contributed by atoms with Crippen LogP contribution in [0, 0.1) is 5.92 Å². The first-order valence-electron chi connectivity index (χ1n) is 8.03. The number of benzene rings is 1. The lowest BCUT2D eigenvalue weighted by Crippen LogP contribution is -2.37. The van der Waals surface area contributed by atoms with Crippen molar-refractivity contribution in [3.63, 3.8) is 0 Å². The minimum atomic E-state index is -2.84. The smallest absolute Gasteiger partial charge is 0.387 e. The van der Waals surface area contributed by atoms with Crippen LogP contribution in [-0.2, 0) is 11.3 Å². The Morgan fingerprint density at radius 1 is 1.42 bits per heavy atom. The number of ether oxygens (including phenoxy) is 1. The highest BCUT2D eigenvalue weighted by Gasteiger charge is 2.27. The van der Waals surface area contributed by atoms with E-state index in [-0.39, 0.29) is 23.7 Å². The maximum absolute atomic E-state index is 12.3. The number of rotatable bonds is 7. The predicted octanol–water partition coefficient (Wildman–Crippen LogP) is 1.95. The molecule has 1 aliphatic rings. The van der Waals surface area contributed by atoms with E-state index in [1.54, 1.807) is 31.0 Å². The lowest BCUT2D eigenvalue weighted by atomic mass is 10.0. The van der Waals surface area contributed by atoms with Gasteiger partial charge in [0.25, 0.3) is 0 Å². The molecule has 1 heterocycles. The van der Waals surface area contributed by atoms with Crippen LogP contribution in [0.25, 0.3) is 0 Å². The van der Waals surface area contributed by atoms with Crippen LogP contribution in [0.5, 0.6) is 5.75 Å². The van der Waals surface area contributed by atoms with Crippen molar-refractivity contribution in [1.82, 2.24) is 9.80 Å². The van der Waals surface area contributed by atoms with Gasteiger partial charge in [-0.05, 0) is 43.5 Å². The summed E-state index contributed by atoms with van der Waals surface area (Å²) in [7, 11) is 1.72. The van der Waals surface area contributed by atoms with Crippen LogP contribution in [0.3, 0.4) is 0 Å². The van der Waals surface area contributed by atoms with E-state index < -0.39 is 6.61 Å². The molecule has 134 valence electrons. The van der Waals surface area contributed by atoms with Gasteiger partial charge in [-0.3, -0.25) is 9.69 Å². The van der Waals surface area contributed by atoms with E-state index >= 15 is 0 Å². The molecule has 7 heteroatoms. The van der Waals surface area contributed by atoms with E-state index in [4.69, 9.17) is 0 Å². The molecule has 1 N–H and O–H groups in total. The predicted molar refractivity (Wildman–Crippen MR) is 85.8 cm³/mol. The standard InChI is InChI=1S/C17H24F2N2O3/c1-12(22)14-7-8-21(10-14)11-16(23)20(2)9-13-3-5-15(6-4-13)24-17(18)19/h3-6,12,14,17,22H,7-11H2,1-2H3. The molecule has 0 spiro atoms. The van der Waals surface area contributed by atoms with Crippen molar-refractivity contribution in [2.75, 3.05) is 26.7 Å². The second kappa shape index (κ2) is 8.39. The summed E-state index contributed by atoms with van der Waals surface area (Å²) in [6, 6.07) is 6.27. The van der Waals surface area contributed by atoms with Gasteiger partial charge in [-0.25, -0.2) is 0 Å². The molecule has 1 aromatic carbocycles. The fourth-order valence-corrected chi connectivity index (χ4v) is 2.85. The Balaban J connectivity index is 1.81. The zero-order valence-corrected chi connectivity index (χ0v) is 14.0. The van der Waals surface area contributed by atoms with Crippen molar-refractivity contribution in [1.29, 1.82) is 0 Å². The van der Waals surface area contributed by atoms with Gasteiger partial charge in [0.2, 0.25) is 5.91 Å². The summed E-state index contributed by atoms with van der Waals surface area (Å²) >= 11 is 0. The fourth-order valence-electron chi connectivity index (χ4n) is 2.85. The average Bonchev–Trinajstić information content (AvgIpc) is 2.97. The Bertz CT molecular complexity index is 537. The van der Waals surface area contributed by atoms with E-state index in [9.17, 15) is 18.7 Å². The van der Waals surface area contributed by atoms with Gasteiger partial charge in [-0.15, -0.1) is 0 Å². The van der Waals surface area contributed by atoms with E-state index in [2.05, 4.69) is 9.64 Å². The summed E-state index contributed by atoms with van der Waals surface area (Å²) in [5, 5.41) is 9.61. The third-order valence-electron chi connectivity index (χ3n) is 4.34. The Labute approximate surface area is 140 Å². The molecule has 2 unspecified atom stereocenters. The molecule has 2 rings (SSSR count). The van der Waals surface area contributed by atoms with Crippen LogP contribution in [0.1, 0.15) is 18.9 Å². The fraction of sp³-hybridized carbons (Fsp3) is 0.588. The summed E-state index contributed by atoms with van der Waals surface area (Å²) in [5.41, 5.74) is 0.843. The summed E-state index contributed by atoms with van der Waals surface area (Å²) in [6.45, 7) is 1.22. The number of carbonyl (C=O) groups is 1. The van der Waals surface area contributed by atoms with Crippen molar-refractivity contribution in [3.8, 4) is 5.75 Å². The van der Waals surface area contributed by atoms with Gasteiger partial charge < -0.3 is 14.7 Å². The van der Waals surface area contributed by atoms with E-state index in [1.807, 2.05) is 0 Å². The number of carbonyl (C=O) groups excluding carboxylic acids is 1.